The fourth-order valence-electron chi connectivity index (χ4n) is 7.57. The SMILES string of the molecule is CCCCCCCCCCCCCCCC(=O)OC[C@H](COP(=O)([O-])OCC[N+](C)(C)C)OC(=O)CCCCCC1(CCCCCCCCCCC)OCC(C)(C)N1O. The molecule has 350 valence electrons. The van der Waals surface area contributed by atoms with Crippen LogP contribution in [0.5, 0.6) is 0 Å². The molecular formula is C46H91N2O10P. The minimum Gasteiger partial charge on any atom is -0.756 e. The van der Waals surface area contributed by atoms with Crippen molar-refractivity contribution in [1.29, 1.82) is 0 Å². The highest BCUT2D eigenvalue weighted by Crippen LogP contribution is 2.41. The van der Waals surface area contributed by atoms with Gasteiger partial charge in [-0.2, -0.15) is 5.06 Å². The maximum Gasteiger partial charge on any atom is 0.306 e. The molecule has 0 saturated carbocycles. The molecule has 0 bridgehead atoms. The van der Waals surface area contributed by atoms with Crippen LogP contribution in [0.25, 0.3) is 0 Å². The Balaban J connectivity index is 2.54. The maximum absolute atomic E-state index is 13.0. The molecule has 0 aliphatic carbocycles. The third-order valence-electron chi connectivity index (χ3n) is 11.4. The Morgan fingerprint density at radius 3 is 1.54 bits per heavy atom. The molecule has 0 aromatic carbocycles. The molecule has 0 aromatic rings. The van der Waals surface area contributed by atoms with Crippen LogP contribution in [0.15, 0.2) is 0 Å². The smallest absolute Gasteiger partial charge is 0.306 e. The molecule has 13 heteroatoms. The van der Waals surface area contributed by atoms with Gasteiger partial charge in [-0.05, 0) is 52.4 Å². The number of rotatable bonds is 40. The Kier molecular flexibility index (Phi) is 30.8. The van der Waals surface area contributed by atoms with Crippen molar-refractivity contribution in [2.75, 3.05) is 54.1 Å². The number of nitrogens with zero attached hydrogens (tertiary/aromatic N) is 2. The first-order valence-electron chi connectivity index (χ1n) is 23.9. The molecule has 1 aliphatic heterocycles. The molecule has 0 amide bonds. The number of phosphoric acid groups is 1. The van der Waals surface area contributed by atoms with Gasteiger partial charge in [0, 0.05) is 12.8 Å². The van der Waals surface area contributed by atoms with Crippen LogP contribution in [-0.2, 0) is 37.4 Å². The van der Waals surface area contributed by atoms with Crippen LogP contribution in [0.4, 0.5) is 0 Å². The summed E-state index contributed by atoms with van der Waals surface area (Å²) in [5.41, 5.74) is -1.20. The Bertz CT molecular complexity index is 1120. The van der Waals surface area contributed by atoms with E-state index in [0.29, 0.717) is 36.9 Å². The van der Waals surface area contributed by atoms with Crippen molar-refractivity contribution in [1.82, 2.24) is 5.06 Å². The first-order valence-corrected chi connectivity index (χ1v) is 25.4. The summed E-state index contributed by atoms with van der Waals surface area (Å²) in [5, 5.41) is 12.6. The van der Waals surface area contributed by atoms with Crippen LogP contribution < -0.4 is 4.89 Å². The summed E-state index contributed by atoms with van der Waals surface area (Å²) in [7, 11) is 1.08. The van der Waals surface area contributed by atoms with E-state index in [1.807, 2.05) is 35.0 Å². The van der Waals surface area contributed by atoms with Gasteiger partial charge < -0.3 is 37.8 Å². The summed E-state index contributed by atoms with van der Waals surface area (Å²) < 4.78 is 40.5. The minimum atomic E-state index is -4.68. The normalized spacial score (nSPS) is 18.5. The number of esters is 2. The number of hydrogen-bond acceptors (Lipinski definition) is 11. The Morgan fingerprint density at radius 2 is 1.10 bits per heavy atom. The van der Waals surface area contributed by atoms with Gasteiger partial charge in [0.2, 0.25) is 0 Å². The molecule has 3 atom stereocenters. The summed E-state index contributed by atoms with van der Waals surface area (Å²) in [6, 6.07) is 0. The number of carbonyl (C=O) groups is 2. The lowest BCUT2D eigenvalue weighted by atomic mass is 9.95. The number of unbranched alkanes of at least 4 members (excludes halogenated alkanes) is 22. The molecule has 0 aromatic heterocycles. The van der Waals surface area contributed by atoms with E-state index in [0.717, 1.165) is 44.9 Å². The van der Waals surface area contributed by atoms with Crippen molar-refractivity contribution in [3.05, 3.63) is 0 Å². The number of hydroxylamine groups is 2. The van der Waals surface area contributed by atoms with Crippen LogP contribution in [0, 0.1) is 0 Å². The van der Waals surface area contributed by atoms with Crippen LogP contribution in [-0.4, -0.2) is 98.2 Å². The lowest BCUT2D eigenvalue weighted by molar-refractivity contribution is -0.870. The summed E-state index contributed by atoms with van der Waals surface area (Å²) >= 11 is 0. The van der Waals surface area contributed by atoms with Gasteiger partial charge >= 0.3 is 11.9 Å². The van der Waals surface area contributed by atoms with Crippen LogP contribution in [0.1, 0.15) is 214 Å². The zero-order valence-electron chi connectivity index (χ0n) is 39.1. The molecule has 1 heterocycles. The van der Waals surface area contributed by atoms with Crippen LogP contribution in [0.2, 0.25) is 0 Å². The average molecular weight is 863 g/mol. The first kappa shape index (κ1) is 55.9. The van der Waals surface area contributed by atoms with Crippen molar-refractivity contribution < 1.29 is 52.0 Å². The minimum absolute atomic E-state index is 0.0557. The first-order chi connectivity index (χ1) is 28.1. The second-order valence-corrected chi connectivity index (χ2v) is 20.3. The highest BCUT2D eigenvalue weighted by molar-refractivity contribution is 7.45. The third-order valence-corrected chi connectivity index (χ3v) is 12.4. The second kappa shape index (κ2) is 32.5. The van der Waals surface area contributed by atoms with E-state index in [-0.39, 0.29) is 26.1 Å². The number of carbonyl (C=O) groups excluding carboxylic acids is 2. The molecule has 2 unspecified atom stereocenters. The van der Waals surface area contributed by atoms with Crippen LogP contribution >= 0.6 is 7.82 Å². The summed E-state index contributed by atoms with van der Waals surface area (Å²) in [6.07, 6.45) is 29.4. The lowest BCUT2D eigenvalue weighted by Gasteiger charge is -2.37. The number of hydrogen-bond donors (Lipinski definition) is 1. The fourth-order valence-corrected chi connectivity index (χ4v) is 8.30. The van der Waals surface area contributed by atoms with Crippen molar-refractivity contribution in [2.45, 2.75) is 231 Å². The van der Waals surface area contributed by atoms with E-state index < -0.39 is 43.7 Å². The largest absolute Gasteiger partial charge is 0.756 e. The molecule has 0 radical (unpaired) electrons. The molecule has 1 aliphatic rings. The van der Waals surface area contributed by atoms with Crippen molar-refractivity contribution in [3.8, 4) is 0 Å². The lowest BCUT2D eigenvalue weighted by Crippen LogP contribution is -2.50. The van der Waals surface area contributed by atoms with Crippen molar-refractivity contribution in [3.63, 3.8) is 0 Å². The topological polar surface area (TPSA) is 144 Å². The second-order valence-electron chi connectivity index (χ2n) is 18.9. The van der Waals surface area contributed by atoms with Crippen molar-refractivity contribution in [2.24, 2.45) is 0 Å². The van der Waals surface area contributed by atoms with Gasteiger partial charge in [-0.15, -0.1) is 0 Å². The van der Waals surface area contributed by atoms with E-state index in [1.54, 1.807) is 0 Å². The monoisotopic (exact) mass is 863 g/mol. The summed E-state index contributed by atoms with van der Waals surface area (Å²) in [4.78, 5) is 38.0. The van der Waals surface area contributed by atoms with Gasteiger partial charge in [0.05, 0.1) is 39.9 Å². The van der Waals surface area contributed by atoms with Gasteiger partial charge in [-0.25, -0.2) is 0 Å². The Morgan fingerprint density at radius 1 is 0.678 bits per heavy atom. The molecule has 1 saturated heterocycles. The van der Waals surface area contributed by atoms with Gasteiger partial charge in [-0.3, -0.25) is 14.2 Å². The molecule has 1 rings (SSSR count). The highest BCUT2D eigenvalue weighted by atomic mass is 31.2. The Hall–Kier alpha value is -1.11. The Labute approximate surface area is 361 Å². The third kappa shape index (κ3) is 29.0. The zero-order chi connectivity index (χ0) is 43.9. The fraction of sp³-hybridized carbons (Fsp3) is 0.957. The summed E-state index contributed by atoms with van der Waals surface area (Å²) in [6.45, 7) is 8.50. The predicted molar refractivity (Wildman–Crippen MR) is 235 cm³/mol. The van der Waals surface area contributed by atoms with E-state index >= 15 is 0 Å². The quantitative estimate of drug-likeness (QED) is 0.0272. The van der Waals surface area contributed by atoms with Crippen molar-refractivity contribution >= 4 is 19.8 Å². The molecule has 1 N–H and O–H groups in total. The highest BCUT2D eigenvalue weighted by Gasteiger charge is 2.50. The number of ether oxygens (including phenoxy) is 3. The van der Waals surface area contributed by atoms with Gasteiger partial charge in [-0.1, -0.05) is 149 Å². The zero-order valence-corrected chi connectivity index (χ0v) is 40.0. The van der Waals surface area contributed by atoms with E-state index in [4.69, 9.17) is 23.3 Å². The average Bonchev–Trinajstić information content (AvgIpc) is 3.40. The number of quaternary nitrogens is 1. The van der Waals surface area contributed by atoms with E-state index in [9.17, 15) is 24.3 Å². The molecule has 1 fully saturated rings. The van der Waals surface area contributed by atoms with Gasteiger partial charge in [0.15, 0.2) is 6.10 Å². The standard InChI is InChI=1S/C46H91N2O10P/c1-8-10-12-14-16-18-19-20-21-22-24-26-29-33-43(49)54-39-42(40-57-59(52,53)56-38-37-48(5,6)7)58-44(50)34-30-28-32-36-46(47(51)45(3,4)41-55-46)35-31-27-25-23-17-15-13-11-9-2/h42,51H,8-41H2,1-7H3/t42-,46?/m1/s1. The van der Waals surface area contributed by atoms with Crippen LogP contribution in [0.3, 0.4) is 0 Å². The van der Waals surface area contributed by atoms with Gasteiger partial charge in [0.1, 0.15) is 25.5 Å². The molecule has 0 spiro atoms. The predicted octanol–water partition coefficient (Wildman–Crippen LogP) is 11.2. The maximum atomic E-state index is 13.0. The van der Waals surface area contributed by atoms with E-state index in [2.05, 4.69) is 13.8 Å². The van der Waals surface area contributed by atoms with E-state index in [1.165, 1.54) is 114 Å². The number of likely N-dealkylation sites (N-methyl/N-ethyl adjacent to an activating group) is 1. The summed E-state index contributed by atoms with van der Waals surface area (Å²) in [5.74, 6) is -0.936. The van der Waals surface area contributed by atoms with Gasteiger partial charge in [0.25, 0.3) is 7.82 Å². The molecule has 12 nitrogen and oxygen atoms in total. The molecule has 59 heavy (non-hydrogen) atoms. The number of phosphoric ester groups is 1. The molecular weight excluding hydrogens is 771 g/mol.